The summed E-state index contributed by atoms with van der Waals surface area (Å²) in [6.07, 6.45) is -4.51. The Bertz CT molecular complexity index is 720. The molecule has 1 unspecified atom stereocenters. The van der Waals surface area contributed by atoms with Crippen molar-refractivity contribution in [1.82, 2.24) is 9.78 Å². The lowest BCUT2D eigenvalue weighted by Crippen LogP contribution is -2.25. The average Bonchev–Trinajstić information content (AvgIpc) is 2.37. The van der Waals surface area contributed by atoms with Crippen LogP contribution < -0.4 is 11.2 Å². The summed E-state index contributed by atoms with van der Waals surface area (Å²) in [6.45, 7) is 3.07. The van der Waals surface area contributed by atoms with E-state index in [2.05, 4.69) is 5.10 Å². The molecule has 2 aromatic rings. The first-order valence-electron chi connectivity index (χ1n) is 6.25. The number of rotatable bonds is 2. The van der Waals surface area contributed by atoms with Crippen molar-refractivity contribution in [1.29, 1.82) is 0 Å². The normalized spacial score (nSPS) is 13.2. The zero-order valence-electron chi connectivity index (χ0n) is 11.5. The summed E-state index contributed by atoms with van der Waals surface area (Å²) in [5.74, 6) is 0. The molecule has 4 nitrogen and oxygen atoms in total. The number of hydrogen-bond donors (Lipinski definition) is 1. The Labute approximate surface area is 119 Å². The van der Waals surface area contributed by atoms with Crippen molar-refractivity contribution in [2.45, 2.75) is 26.1 Å². The first kappa shape index (κ1) is 15.2. The maximum absolute atomic E-state index is 13.1. The molecule has 0 saturated heterocycles. The molecule has 1 heterocycles. The highest BCUT2D eigenvalue weighted by Crippen LogP contribution is 2.33. The number of nitrogens with two attached hydrogens (primary N) is 1. The Morgan fingerprint density at radius 1 is 1.29 bits per heavy atom. The molecule has 1 aromatic carbocycles. The molecular weight excluding hydrogens is 283 g/mol. The summed E-state index contributed by atoms with van der Waals surface area (Å²) in [7, 11) is 0. The summed E-state index contributed by atoms with van der Waals surface area (Å²) in [5.41, 5.74) is 4.63. The van der Waals surface area contributed by atoms with Gasteiger partial charge >= 0.3 is 6.18 Å². The van der Waals surface area contributed by atoms with Gasteiger partial charge < -0.3 is 5.73 Å². The van der Waals surface area contributed by atoms with Crippen molar-refractivity contribution in [3.05, 3.63) is 57.5 Å². The summed E-state index contributed by atoms with van der Waals surface area (Å²) in [4.78, 5) is 11.8. The van der Waals surface area contributed by atoms with Gasteiger partial charge in [-0.1, -0.05) is 12.1 Å². The van der Waals surface area contributed by atoms with Crippen LogP contribution in [0.1, 0.15) is 29.9 Å². The zero-order valence-corrected chi connectivity index (χ0v) is 11.5. The largest absolute Gasteiger partial charge is 0.418 e. The summed E-state index contributed by atoms with van der Waals surface area (Å²) in [5, 5.41) is 3.99. The van der Waals surface area contributed by atoms with E-state index in [9.17, 15) is 18.0 Å². The molecule has 0 aliphatic heterocycles. The van der Waals surface area contributed by atoms with Crippen LogP contribution in [0.5, 0.6) is 0 Å². The molecule has 2 rings (SSSR count). The minimum absolute atomic E-state index is 0.0255. The van der Waals surface area contributed by atoms with Gasteiger partial charge in [-0.2, -0.15) is 18.3 Å². The zero-order chi connectivity index (χ0) is 15.8. The standard InChI is InChI=1S/C14H14F3N3O/c1-8-7-12(21)13(9(2)18)19-20(8)11-6-4-3-5-10(11)14(15,16)17/h3-7,9H,18H2,1-2H3. The molecule has 0 spiro atoms. The molecule has 112 valence electrons. The highest BCUT2D eigenvalue weighted by atomic mass is 19.4. The molecule has 1 aromatic heterocycles. The van der Waals surface area contributed by atoms with Crippen LogP contribution in [-0.4, -0.2) is 9.78 Å². The van der Waals surface area contributed by atoms with Crippen LogP contribution in [0.15, 0.2) is 35.1 Å². The second-order valence-corrected chi connectivity index (χ2v) is 4.75. The molecule has 0 amide bonds. The van der Waals surface area contributed by atoms with E-state index in [0.29, 0.717) is 5.69 Å². The Morgan fingerprint density at radius 2 is 1.90 bits per heavy atom. The number of benzene rings is 1. The fourth-order valence-corrected chi connectivity index (χ4v) is 2.02. The van der Waals surface area contributed by atoms with Crippen molar-refractivity contribution in [3.63, 3.8) is 0 Å². The van der Waals surface area contributed by atoms with E-state index in [-0.39, 0.29) is 16.8 Å². The van der Waals surface area contributed by atoms with E-state index in [1.807, 2.05) is 0 Å². The maximum Gasteiger partial charge on any atom is 0.418 e. The van der Waals surface area contributed by atoms with Gasteiger partial charge in [-0.3, -0.25) is 4.79 Å². The smallest absolute Gasteiger partial charge is 0.323 e. The van der Waals surface area contributed by atoms with E-state index >= 15 is 0 Å². The number of aromatic nitrogens is 2. The number of aryl methyl sites for hydroxylation is 1. The van der Waals surface area contributed by atoms with Gasteiger partial charge in [0.1, 0.15) is 5.69 Å². The number of halogens is 3. The third kappa shape index (κ3) is 2.97. The molecule has 7 heteroatoms. The lowest BCUT2D eigenvalue weighted by molar-refractivity contribution is -0.137. The van der Waals surface area contributed by atoms with E-state index in [0.717, 1.165) is 10.7 Å². The first-order valence-corrected chi connectivity index (χ1v) is 6.25. The van der Waals surface area contributed by atoms with E-state index in [1.54, 1.807) is 6.92 Å². The van der Waals surface area contributed by atoms with E-state index < -0.39 is 17.8 Å². The van der Waals surface area contributed by atoms with Gasteiger partial charge in [0.2, 0.25) is 5.43 Å². The van der Waals surface area contributed by atoms with Gasteiger partial charge in [0.15, 0.2) is 0 Å². The molecule has 21 heavy (non-hydrogen) atoms. The molecular formula is C14H14F3N3O. The molecule has 0 aliphatic rings. The third-order valence-corrected chi connectivity index (χ3v) is 3.00. The summed E-state index contributed by atoms with van der Waals surface area (Å²) >= 11 is 0. The number of para-hydroxylation sites is 1. The SMILES string of the molecule is Cc1cc(=O)c(C(C)N)nn1-c1ccccc1C(F)(F)F. The number of nitrogens with zero attached hydrogens (tertiary/aromatic N) is 2. The van der Waals surface area contributed by atoms with Crippen LogP contribution in [0, 0.1) is 6.92 Å². The fourth-order valence-electron chi connectivity index (χ4n) is 2.02. The topological polar surface area (TPSA) is 60.9 Å². The van der Waals surface area contributed by atoms with Gasteiger partial charge in [-0.15, -0.1) is 0 Å². The number of hydrogen-bond acceptors (Lipinski definition) is 3. The van der Waals surface area contributed by atoms with Crippen LogP contribution in [-0.2, 0) is 6.18 Å². The van der Waals surface area contributed by atoms with Gasteiger partial charge in [0.25, 0.3) is 0 Å². The van der Waals surface area contributed by atoms with Crippen molar-refractivity contribution < 1.29 is 13.2 Å². The lowest BCUT2D eigenvalue weighted by Gasteiger charge is -2.17. The molecule has 0 radical (unpaired) electrons. The van der Waals surface area contributed by atoms with E-state index in [1.165, 1.54) is 31.2 Å². The predicted molar refractivity (Wildman–Crippen MR) is 72.2 cm³/mol. The van der Waals surface area contributed by atoms with Crippen LogP contribution in [0.3, 0.4) is 0 Å². The second-order valence-electron chi connectivity index (χ2n) is 4.75. The van der Waals surface area contributed by atoms with Crippen molar-refractivity contribution in [2.24, 2.45) is 5.73 Å². The van der Waals surface area contributed by atoms with Crippen LogP contribution >= 0.6 is 0 Å². The Hall–Kier alpha value is -2.15. The molecule has 2 N–H and O–H groups in total. The highest BCUT2D eigenvalue weighted by Gasteiger charge is 2.34. The number of alkyl halides is 3. The Morgan fingerprint density at radius 3 is 2.48 bits per heavy atom. The van der Waals surface area contributed by atoms with Crippen LogP contribution in [0.25, 0.3) is 5.69 Å². The first-order chi connectivity index (χ1) is 9.71. The monoisotopic (exact) mass is 297 g/mol. The molecule has 0 bridgehead atoms. The van der Waals surface area contributed by atoms with Crippen molar-refractivity contribution >= 4 is 0 Å². The molecule has 0 saturated carbocycles. The Balaban J connectivity index is 2.74. The lowest BCUT2D eigenvalue weighted by atomic mass is 10.1. The predicted octanol–water partition coefficient (Wildman–Crippen LogP) is 2.58. The third-order valence-electron chi connectivity index (χ3n) is 3.00. The van der Waals surface area contributed by atoms with Crippen molar-refractivity contribution in [3.8, 4) is 5.69 Å². The molecule has 1 atom stereocenters. The van der Waals surface area contributed by atoms with Gasteiger partial charge in [0, 0.05) is 17.8 Å². The Kier molecular flexibility index (Phi) is 3.87. The van der Waals surface area contributed by atoms with Crippen molar-refractivity contribution in [2.75, 3.05) is 0 Å². The minimum atomic E-state index is -4.51. The summed E-state index contributed by atoms with van der Waals surface area (Å²) < 4.78 is 40.3. The quantitative estimate of drug-likeness (QED) is 0.926. The van der Waals surface area contributed by atoms with Crippen LogP contribution in [0.4, 0.5) is 13.2 Å². The minimum Gasteiger partial charge on any atom is -0.323 e. The maximum atomic E-state index is 13.1. The fraction of sp³-hybridized carbons (Fsp3) is 0.286. The van der Waals surface area contributed by atoms with Crippen LogP contribution in [0.2, 0.25) is 0 Å². The molecule has 0 fully saturated rings. The second kappa shape index (κ2) is 5.33. The molecule has 0 aliphatic carbocycles. The summed E-state index contributed by atoms with van der Waals surface area (Å²) in [6, 6.07) is 5.63. The highest BCUT2D eigenvalue weighted by molar-refractivity contribution is 5.43. The van der Waals surface area contributed by atoms with Gasteiger partial charge in [0.05, 0.1) is 11.3 Å². The average molecular weight is 297 g/mol. The van der Waals surface area contributed by atoms with Gasteiger partial charge in [-0.25, -0.2) is 4.68 Å². The van der Waals surface area contributed by atoms with Gasteiger partial charge in [-0.05, 0) is 26.0 Å². The van der Waals surface area contributed by atoms with E-state index in [4.69, 9.17) is 5.73 Å².